The van der Waals surface area contributed by atoms with Crippen molar-refractivity contribution in [1.82, 2.24) is 0 Å². The first kappa shape index (κ1) is 9.30. The van der Waals surface area contributed by atoms with Crippen molar-refractivity contribution in [2.24, 2.45) is 5.73 Å². The van der Waals surface area contributed by atoms with Gasteiger partial charge in [0.05, 0.1) is 5.60 Å². The Morgan fingerprint density at radius 1 is 1.43 bits per heavy atom. The molecule has 0 saturated carbocycles. The average molecular weight is 195 g/mol. The van der Waals surface area contributed by atoms with Gasteiger partial charge in [-0.2, -0.15) is 0 Å². The Bertz CT molecular complexity index is 349. The fraction of sp³-hybridized carbons (Fsp3) is 0.400. The predicted octanol–water partition coefficient (Wildman–Crippen LogP) is 0.582. The van der Waals surface area contributed by atoms with E-state index < -0.39 is 5.60 Å². The van der Waals surface area contributed by atoms with E-state index in [2.05, 4.69) is 0 Å². The molecule has 3 N–H and O–H groups in total. The van der Waals surface area contributed by atoms with Crippen LogP contribution in [0.1, 0.15) is 12.5 Å². The molecule has 0 amide bonds. The van der Waals surface area contributed by atoms with Gasteiger partial charge in [-0.1, -0.05) is 6.07 Å². The molecule has 76 valence electrons. The van der Waals surface area contributed by atoms with Gasteiger partial charge in [0.15, 0.2) is 11.5 Å². The van der Waals surface area contributed by atoms with Gasteiger partial charge in [0, 0.05) is 6.54 Å². The quantitative estimate of drug-likeness (QED) is 0.724. The molecule has 1 heterocycles. The molecule has 4 nitrogen and oxygen atoms in total. The molecule has 0 bridgehead atoms. The zero-order chi connectivity index (χ0) is 10.2. The van der Waals surface area contributed by atoms with Crippen LogP contribution in [-0.4, -0.2) is 18.4 Å². The van der Waals surface area contributed by atoms with Crippen LogP contribution in [0.3, 0.4) is 0 Å². The molecular formula is C10H13NO3. The lowest BCUT2D eigenvalue weighted by molar-refractivity contribution is 0.0666. The second kappa shape index (κ2) is 3.15. The summed E-state index contributed by atoms with van der Waals surface area (Å²) in [5.74, 6) is 1.37. The number of hydrogen-bond acceptors (Lipinski definition) is 4. The summed E-state index contributed by atoms with van der Waals surface area (Å²) in [5, 5.41) is 9.90. The highest BCUT2D eigenvalue weighted by molar-refractivity contribution is 5.45. The monoisotopic (exact) mass is 195 g/mol. The van der Waals surface area contributed by atoms with Gasteiger partial charge in [0.1, 0.15) is 0 Å². The minimum Gasteiger partial charge on any atom is -0.454 e. The molecule has 1 aromatic carbocycles. The van der Waals surface area contributed by atoms with Crippen LogP contribution in [0.4, 0.5) is 0 Å². The zero-order valence-corrected chi connectivity index (χ0v) is 7.99. The van der Waals surface area contributed by atoms with E-state index >= 15 is 0 Å². The van der Waals surface area contributed by atoms with Crippen LogP contribution in [0.15, 0.2) is 18.2 Å². The van der Waals surface area contributed by atoms with Gasteiger partial charge in [-0.25, -0.2) is 0 Å². The zero-order valence-electron chi connectivity index (χ0n) is 7.99. The van der Waals surface area contributed by atoms with Crippen LogP contribution in [0.2, 0.25) is 0 Å². The predicted molar refractivity (Wildman–Crippen MR) is 51.2 cm³/mol. The summed E-state index contributed by atoms with van der Waals surface area (Å²) in [7, 11) is 0. The van der Waals surface area contributed by atoms with E-state index in [9.17, 15) is 5.11 Å². The molecule has 1 aromatic rings. The maximum Gasteiger partial charge on any atom is 0.231 e. The Hall–Kier alpha value is -1.26. The number of ether oxygens (including phenoxy) is 2. The third-order valence-corrected chi connectivity index (χ3v) is 2.39. The number of aliphatic hydroxyl groups is 1. The summed E-state index contributed by atoms with van der Waals surface area (Å²) in [6.07, 6.45) is 0. The lowest BCUT2D eigenvalue weighted by Crippen LogP contribution is -2.31. The average Bonchev–Trinajstić information content (AvgIpc) is 2.64. The van der Waals surface area contributed by atoms with E-state index in [4.69, 9.17) is 15.2 Å². The summed E-state index contributed by atoms with van der Waals surface area (Å²) < 4.78 is 10.4. The maximum absolute atomic E-state index is 9.90. The molecule has 0 aliphatic carbocycles. The van der Waals surface area contributed by atoms with Crippen LogP contribution in [-0.2, 0) is 5.60 Å². The van der Waals surface area contributed by atoms with Crippen molar-refractivity contribution in [3.05, 3.63) is 23.8 Å². The van der Waals surface area contributed by atoms with E-state index in [0.29, 0.717) is 11.5 Å². The number of nitrogens with two attached hydrogens (primary N) is 1. The van der Waals surface area contributed by atoms with Gasteiger partial charge >= 0.3 is 0 Å². The van der Waals surface area contributed by atoms with E-state index in [1.54, 1.807) is 25.1 Å². The van der Waals surface area contributed by atoms with Crippen molar-refractivity contribution in [2.45, 2.75) is 12.5 Å². The van der Waals surface area contributed by atoms with Crippen molar-refractivity contribution in [3.8, 4) is 11.5 Å². The highest BCUT2D eigenvalue weighted by atomic mass is 16.7. The summed E-state index contributed by atoms with van der Waals surface area (Å²) in [5.41, 5.74) is 5.19. The molecule has 1 unspecified atom stereocenters. The Kier molecular flexibility index (Phi) is 2.09. The minimum absolute atomic E-state index is 0.173. The molecular weight excluding hydrogens is 182 g/mol. The molecule has 1 atom stereocenters. The van der Waals surface area contributed by atoms with Crippen LogP contribution in [0.5, 0.6) is 11.5 Å². The second-order valence-corrected chi connectivity index (χ2v) is 3.55. The van der Waals surface area contributed by atoms with E-state index in [1.165, 1.54) is 0 Å². The minimum atomic E-state index is -1.01. The van der Waals surface area contributed by atoms with Crippen LogP contribution >= 0.6 is 0 Å². The highest BCUT2D eigenvalue weighted by Crippen LogP contribution is 2.35. The van der Waals surface area contributed by atoms with Gasteiger partial charge in [-0.3, -0.25) is 0 Å². The Morgan fingerprint density at radius 3 is 2.86 bits per heavy atom. The van der Waals surface area contributed by atoms with Gasteiger partial charge in [0.2, 0.25) is 6.79 Å². The highest BCUT2D eigenvalue weighted by Gasteiger charge is 2.24. The van der Waals surface area contributed by atoms with E-state index in [0.717, 1.165) is 5.56 Å². The van der Waals surface area contributed by atoms with Crippen molar-refractivity contribution < 1.29 is 14.6 Å². The maximum atomic E-state index is 9.90. The molecule has 4 heteroatoms. The molecule has 0 saturated heterocycles. The molecule has 0 radical (unpaired) electrons. The second-order valence-electron chi connectivity index (χ2n) is 3.55. The molecule has 2 rings (SSSR count). The van der Waals surface area contributed by atoms with Gasteiger partial charge in [0.25, 0.3) is 0 Å². The lowest BCUT2D eigenvalue weighted by atomic mass is 9.96. The summed E-state index contributed by atoms with van der Waals surface area (Å²) in [4.78, 5) is 0. The van der Waals surface area contributed by atoms with Crippen molar-refractivity contribution in [3.63, 3.8) is 0 Å². The fourth-order valence-corrected chi connectivity index (χ4v) is 1.35. The van der Waals surface area contributed by atoms with Crippen LogP contribution in [0, 0.1) is 0 Å². The Balaban J connectivity index is 2.38. The summed E-state index contributed by atoms with van der Waals surface area (Å²) >= 11 is 0. The van der Waals surface area contributed by atoms with Crippen LogP contribution in [0.25, 0.3) is 0 Å². The van der Waals surface area contributed by atoms with Crippen molar-refractivity contribution in [1.29, 1.82) is 0 Å². The molecule has 1 aliphatic heterocycles. The van der Waals surface area contributed by atoms with Gasteiger partial charge in [-0.15, -0.1) is 0 Å². The number of benzene rings is 1. The molecule has 0 fully saturated rings. The Morgan fingerprint density at radius 2 is 2.14 bits per heavy atom. The first-order chi connectivity index (χ1) is 6.63. The number of rotatable bonds is 2. The third kappa shape index (κ3) is 1.42. The lowest BCUT2D eigenvalue weighted by Gasteiger charge is -2.21. The fourth-order valence-electron chi connectivity index (χ4n) is 1.35. The van der Waals surface area contributed by atoms with Crippen LogP contribution < -0.4 is 15.2 Å². The smallest absolute Gasteiger partial charge is 0.231 e. The molecule has 0 aromatic heterocycles. The standard InChI is InChI=1S/C10H13NO3/c1-10(12,5-11)7-2-3-8-9(4-7)14-6-13-8/h2-4,12H,5-6,11H2,1H3. The first-order valence-electron chi connectivity index (χ1n) is 4.46. The summed E-state index contributed by atoms with van der Waals surface area (Å²) in [6.45, 7) is 2.08. The number of fused-ring (bicyclic) bond motifs is 1. The largest absolute Gasteiger partial charge is 0.454 e. The van der Waals surface area contributed by atoms with Gasteiger partial charge < -0.3 is 20.3 Å². The first-order valence-corrected chi connectivity index (χ1v) is 4.46. The number of hydrogen-bond donors (Lipinski definition) is 2. The van der Waals surface area contributed by atoms with E-state index in [1.807, 2.05) is 0 Å². The SMILES string of the molecule is CC(O)(CN)c1ccc2c(c1)OCO2. The van der Waals surface area contributed by atoms with E-state index in [-0.39, 0.29) is 13.3 Å². The Labute approximate surface area is 82.2 Å². The molecule has 1 aliphatic rings. The molecule has 14 heavy (non-hydrogen) atoms. The summed E-state index contributed by atoms with van der Waals surface area (Å²) in [6, 6.07) is 5.33. The molecule has 0 spiro atoms. The van der Waals surface area contributed by atoms with Crippen molar-refractivity contribution >= 4 is 0 Å². The topological polar surface area (TPSA) is 64.7 Å². The van der Waals surface area contributed by atoms with Gasteiger partial charge in [-0.05, 0) is 24.6 Å². The normalized spacial score (nSPS) is 17.9. The third-order valence-electron chi connectivity index (χ3n) is 2.39. The van der Waals surface area contributed by atoms with Crippen molar-refractivity contribution in [2.75, 3.05) is 13.3 Å².